The molecule has 0 spiro atoms. The van der Waals surface area contributed by atoms with Crippen molar-refractivity contribution in [1.29, 1.82) is 0 Å². The lowest BCUT2D eigenvalue weighted by molar-refractivity contribution is 0.182. The third kappa shape index (κ3) is 2.88. The highest BCUT2D eigenvalue weighted by Crippen LogP contribution is 2.30. The summed E-state index contributed by atoms with van der Waals surface area (Å²) in [6, 6.07) is 4.81. The van der Waals surface area contributed by atoms with Crippen LogP contribution in [0.4, 0.5) is 0 Å². The Morgan fingerprint density at radius 1 is 1.33 bits per heavy atom. The van der Waals surface area contributed by atoms with Gasteiger partial charge < -0.3 is 10.4 Å². The van der Waals surface area contributed by atoms with E-state index >= 15 is 0 Å². The molecule has 0 radical (unpaired) electrons. The Morgan fingerprint density at radius 3 is 2.83 bits per heavy atom. The molecule has 1 aliphatic rings. The van der Waals surface area contributed by atoms with Gasteiger partial charge in [-0.2, -0.15) is 4.73 Å². The molecule has 2 aromatic rings. The number of rotatable bonds is 4. The minimum Gasteiger partial charge on any atom is -0.428 e. The van der Waals surface area contributed by atoms with Gasteiger partial charge in [-0.15, -0.1) is 0 Å². The Morgan fingerprint density at radius 2 is 2.12 bits per heavy atom. The molecule has 1 aromatic heterocycles. The summed E-state index contributed by atoms with van der Waals surface area (Å²) >= 11 is 5.98. The standard InChI is InChI=1S/C18H21ClN2O3/c1-2-3-4-5-11-8-14(20-23)17-16(9-11)21(24)15-7-6-12(19)10-13(15)18(17)22/h6-7,10-11,23-24H,2-5,8-9H2,1H3. The summed E-state index contributed by atoms with van der Waals surface area (Å²) < 4.78 is 1.06. The van der Waals surface area contributed by atoms with Gasteiger partial charge in [0.15, 0.2) is 5.43 Å². The zero-order valence-corrected chi connectivity index (χ0v) is 14.4. The number of hydrogen-bond donors (Lipinski definition) is 2. The molecule has 0 saturated heterocycles. The van der Waals surface area contributed by atoms with E-state index < -0.39 is 0 Å². The van der Waals surface area contributed by atoms with Crippen molar-refractivity contribution in [2.24, 2.45) is 11.1 Å². The predicted molar refractivity (Wildman–Crippen MR) is 94.7 cm³/mol. The number of halogens is 1. The van der Waals surface area contributed by atoms with E-state index in [1.165, 1.54) is 6.07 Å². The van der Waals surface area contributed by atoms with Crippen molar-refractivity contribution in [3.05, 3.63) is 44.7 Å². The van der Waals surface area contributed by atoms with E-state index in [9.17, 15) is 15.2 Å². The quantitative estimate of drug-likeness (QED) is 0.376. The van der Waals surface area contributed by atoms with Crippen LogP contribution in [0.5, 0.6) is 0 Å². The zero-order chi connectivity index (χ0) is 17.3. The lowest BCUT2D eigenvalue weighted by Crippen LogP contribution is -2.31. The summed E-state index contributed by atoms with van der Waals surface area (Å²) in [6.45, 7) is 2.15. The van der Waals surface area contributed by atoms with E-state index in [1.54, 1.807) is 12.1 Å². The molecular weight excluding hydrogens is 328 g/mol. The molecular formula is C18H21ClN2O3. The van der Waals surface area contributed by atoms with Gasteiger partial charge in [0.05, 0.1) is 27.9 Å². The van der Waals surface area contributed by atoms with Crippen LogP contribution in [0.25, 0.3) is 10.9 Å². The highest BCUT2D eigenvalue weighted by atomic mass is 35.5. The average molecular weight is 349 g/mol. The van der Waals surface area contributed by atoms with Gasteiger partial charge in [-0.3, -0.25) is 4.79 Å². The van der Waals surface area contributed by atoms with Crippen molar-refractivity contribution in [2.75, 3.05) is 0 Å². The maximum Gasteiger partial charge on any atom is 0.199 e. The normalized spacial score (nSPS) is 18.9. The van der Waals surface area contributed by atoms with Gasteiger partial charge in [0.1, 0.15) is 0 Å². The van der Waals surface area contributed by atoms with Gasteiger partial charge >= 0.3 is 0 Å². The second-order valence-corrected chi connectivity index (χ2v) is 6.88. The number of nitrogens with zero attached hydrogens (tertiary/aromatic N) is 2. The van der Waals surface area contributed by atoms with Gasteiger partial charge in [-0.25, -0.2) is 0 Å². The molecule has 1 heterocycles. The molecule has 5 nitrogen and oxygen atoms in total. The largest absolute Gasteiger partial charge is 0.428 e. The third-order valence-electron chi connectivity index (χ3n) is 4.79. The first-order valence-corrected chi connectivity index (χ1v) is 8.72. The van der Waals surface area contributed by atoms with Crippen molar-refractivity contribution in [3.63, 3.8) is 0 Å². The monoisotopic (exact) mass is 348 g/mol. The molecule has 24 heavy (non-hydrogen) atoms. The summed E-state index contributed by atoms with van der Waals surface area (Å²) in [5, 5.41) is 24.1. The Kier molecular flexibility index (Phi) is 4.81. The first kappa shape index (κ1) is 16.8. The third-order valence-corrected chi connectivity index (χ3v) is 5.03. The highest BCUT2D eigenvalue weighted by Gasteiger charge is 2.30. The van der Waals surface area contributed by atoms with E-state index in [0.717, 1.165) is 30.4 Å². The summed E-state index contributed by atoms with van der Waals surface area (Å²) in [4.78, 5) is 12.8. The van der Waals surface area contributed by atoms with Crippen LogP contribution in [0.3, 0.4) is 0 Å². The molecule has 0 saturated carbocycles. The second-order valence-electron chi connectivity index (χ2n) is 6.44. The Bertz CT molecular complexity index is 857. The highest BCUT2D eigenvalue weighted by molar-refractivity contribution is 6.31. The number of oxime groups is 1. The smallest absolute Gasteiger partial charge is 0.199 e. The van der Waals surface area contributed by atoms with Gasteiger partial charge in [0.2, 0.25) is 0 Å². The molecule has 1 atom stereocenters. The predicted octanol–water partition coefficient (Wildman–Crippen LogP) is 4.21. The van der Waals surface area contributed by atoms with E-state index in [1.807, 2.05) is 0 Å². The van der Waals surface area contributed by atoms with Gasteiger partial charge in [-0.1, -0.05) is 42.9 Å². The number of hydrogen-bond acceptors (Lipinski definition) is 4. The fourth-order valence-electron chi connectivity index (χ4n) is 3.58. The average Bonchev–Trinajstić information content (AvgIpc) is 2.59. The fourth-order valence-corrected chi connectivity index (χ4v) is 3.75. The van der Waals surface area contributed by atoms with E-state index in [0.29, 0.717) is 45.7 Å². The number of unbranched alkanes of at least 4 members (excludes halogenated alkanes) is 2. The summed E-state index contributed by atoms with van der Waals surface area (Å²) in [7, 11) is 0. The van der Waals surface area contributed by atoms with Crippen LogP contribution in [0.2, 0.25) is 5.02 Å². The molecule has 6 heteroatoms. The zero-order valence-electron chi connectivity index (χ0n) is 13.6. The van der Waals surface area contributed by atoms with E-state index in [4.69, 9.17) is 11.6 Å². The molecule has 128 valence electrons. The maximum atomic E-state index is 12.8. The molecule has 1 unspecified atom stereocenters. The van der Waals surface area contributed by atoms with Gasteiger partial charge in [-0.05, 0) is 43.4 Å². The first-order valence-electron chi connectivity index (χ1n) is 8.34. The van der Waals surface area contributed by atoms with Crippen molar-refractivity contribution in [1.82, 2.24) is 4.73 Å². The molecule has 0 aliphatic heterocycles. The molecule has 3 rings (SSSR count). The molecule has 1 aromatic carbocycles. The van der Waals surface area contributed by atoms with Crippen LogP contribution >= 0.6 is 11.6 Å². The number of aromatic nitrogens is 1. The lowest BCUT2D eigenvalue weighted by atomic mass is 9.81. The van der Waals surface area contributed by atoms with Crippen LogP contribution in [-0.4, -0.2) is 20.9 Å². The first-order chi connectivity index (χ1) is 11.6. The van der Waals surface area contributed by atoms with E-state index in [2.05, 4.69) is 12.1 Å². The maximum absolute atomic E-state index is 12.8. The second kappa shape index (κ2) is 6.85. The fraction of sp³-hybridized carbons (Fsp3) is 0.444. The van der Waals surface area contributed by atoms with Crippen molar-refractivity contribution in [2.45, 2.75) is 45.4 Å². The summed E-state index contributed by atoms with van der Waals surface area (Å²) in [5.74, 6) is 0.262. The van der Waals surface area contributed by atoms with Crippen LogP contribution in [0, 0.1) is 5.92 Å². The number of pyridine rings is 1. The van der Waals surface area contributed by atoms with Crippen LogP contribution < -0.4 is 5.43 Å². The van der Waals surface area contributed by atoms with Gasteiger partial charge in [0, 0.05) is 5.02 Å². The van der Waals surface area contributed by atoms with Crippen LogP contribution in [-0.2, 0) is 6.42 Å². The van der Waals surface area contributed by atoms with Gasteiger partial charge in [0.25, 0.3) is 0 Å². The lowest BCUT2D eigenvalue weighted by Gasteiger charge is -2.26. The molecule has 2 N–H and O–H groups in total. The van der Waals surface area contributed by atoms with E-state index in [-0.39, 0.29) is 11.3 Å². The Balaban J connectivity index is 2.13. The summed E-state index contributed by atoms with van der Waals surface area (Å²) in [5.41, 5.74) is 1.37. The minimum absolute atomic E-state index is 0.243. The SMILES string of the molecule is CCCCCC1CC(=NO)c2c(n(O)c3ccc(Cl)cc3c2=O)C1. The minimum atomic E-state index is -0.243. The topological polar surface area (TPSA) is 74.8 Å². The van der Waals surface area contributed by atoms with Crippen molar-refractivity contribution < 1.29 is 10.4 Å². The number of fused-ring (bicyclic) bond motifs is 2. The van der Waals surface area contributed by atoms with Crippen molar-refractivity contribution in [3.8, 4) is 0 Å². The van der Waals surface area contributed by atoms with Crippen LogP contribution in [0.1, 0.15) is 50.3 Å². The summed E-state index contributed by atoms with van der Waals surface area (Å²) in [6.07, 6.45) is 5.52. The Labute approximate surface area is 145 Å². The van der Waals surface area contributed by atoms with Crippen molar-refractivity contribution >= 4 is 28.2 Å². The molecule has 1 aliphatic carbocycles. The Hall–Kier alpha value is -2.01. The molecule has 0 amide bonds. The molecule has 0 fully saturated rings. The van der Waals surface area contributed by atoms with Crippen LogP contribution in [0.15, 0.2) is 28.1 Å². The molecule has 0 bridgehead atoms. The number of benzene rings is 1.